The Kier molecular flexibility index (Phi) is 4.04. The van der Waals surface area contributed by atoms with Crippen LogP contribution < -0.4 is 5.32 Å². The first-order chi connectivity index (χ1) is 8.99. The molecule has 104 valence electrons. The second kappa shape index (κ2) is 5.56. The Bertz CT molecular complexity index is 555. The minimum atomic E-state index is -3.08. The predicted octanol–water partition coefficient (Wildman–Crippen LogP) is 2.78. The van der Waals surface area contributed by atoms with Crippen LogP contribution >= 0.6 is 0 Å². The van der Waals surface area contributed by atoms with Crippen molar-refractivity contribution in [3.05, 3.63) is 29.7 Å². The number of aromatic amines is 1. The number of hydrogen-bond donors (Lipinski definition) is 2. The van der Waals surface area contributed by atoms with E-state index in [0.29, 0.717) is 16.5 Å². The molecule has 1 heterocycles. The molecular formula is C12H13F4N3. The van der Waals surface area contributed by atoms with Crippen molar-refractivity contribution in [2.45, 2.75) is 32.1 Å². The van der Waals surface area contributed by atoms with Gasteiger partial charge in [-0.05, 0) is 25.0 Å². The maximum Gasteiger partial charge on any atom is 0.282 e. The van der Waals surface area contributed by atoms with Crippen molar-refractivity contribution in [2.75, 3.05) is 0 Å². The first-order valence-corrected chi connectivity index (χ1v) is 5.78. The van der Waals surface area contributed by atoms with Crippen LogP contribution in [0.1, 0.15) is 12.5 Å². The highest BCUT2D eigenvalue weighted by molar-refractivity contribution is 5.82. The van der Waals surface area contributed by atoms with Crippen LogP contribution in [0.4, 0.5) is 17.6 Å². The highest BCUT2D eigenvalue weighted by Crippen LogP contribution is 2.21. The van der Waals surface area contributed by atoms with Crippen molar-refractivity contribution in [2.24, 2.45) is 0 Å². The van der Waals surface area contributed by atoms with Crippen LogP contribution in [0.2, 0.25) is 0 Å². The number of aromatic nitrogens is 2. The van der Waals surface area contributed by atoms with E-state index in [4.69, 9.17) is 0 Å². The molecule has 0 saturated heterocycles. The Balaban J connectivity index is 2.15. The van der Waals surface area contributed by atoms with Crippen LogP contribution in [0.3, 0.4) is 0 Å². The van der Waals surface area contributed by atoms with E-state index in [-0.39, 0.29) is 6.42 Å². The van der Waals surface area contributed by atoms with E-state index in [0.717, 1.165) is 0 Å². The highest BCUT2D eigenvalue weighted by Gasteiger charge is 2.21. The molecule has 1 aromatic carbocycles. The number of fused-ring (bicyclic) bond motifs is 1. The number of alkyl halides is 3. The van der Waals surface area contributed by atoms with Crippen LogP contribution in [0.25, 0.3) is 10.9 Å². The Labute approximate surface area is 107 Å². The molecule has 2 N–H and O–H groups in total. The zero-order valence-electron chi connectivity index (χ0n) is 10.1. The van der Waals surface area contributed by atoms with Gasteiger partial charge in [0.25, 0.3) is 6.43 Å². The third-order valence-electron chi connectivity index (χ3n) is 2.82. The summed E-state index contributed by atoms with van der Waals surface area (Å²) in [6.45, 7) is 1.56. The van der Waals surface area contributed by atoms with Gasteiger partial charge in [-0.2, -0.15) is 4.39 Å². The lowest BCUT2D eigenvalue weighted by Crippen LogP contribution is -2.39. The van der Waals surface area contributed by atoms with Crippen molar-refractivity contribution in [3.8, 4) is 0 Å². The molecule has 2 atom stereocenters. The summed E-state index contributed by atoms with van der Waals surface area (Å²) >= 11 is 0. The molecule has 2 rings (SSSR count). The van der Waals surface area contributed by atoms with Crippen LogP contribution in [0.15, 0.2) is 18.2 Å². The molecule has 2 unspecified atom stereocenters. The van der Waals surface area contributed by atoms with E-state index in [1.54, 1.807) is 25.1 Å². The minimum absolute atomic E-state index is 0.223. The molecule has 7 heteroatoms. The Morgan fingerprint density at radius 3 is 2.74 bits per heavy atom. The fourth-order valence-electron chi connectivity index (χ4n) is 2.01. The monoisotopic (exact) mass is 275 g/mol. The summed E-state index contributed by atoms with van der Waals surface area (Å²) in [6, 6.07) is 4.46. The first kappa shape index (κ1) is 13.8. The topological polar surface area (TPSA) is 40.7 Å². The summed E-state index contributed by atoms with van der Waals surface area (Å²) in [6.07, 6.45) is -5.24. The number of halogens is 4. The first-order valence-electron chi connectivity index (χ1n) is 5.78. The van der Waals surface area contributed by atoms with Crippen molar-refractivity contribution >= 4 is 10.9 Å². The van der Waals surface area contributed by atoms with Gasteiger partial charge in [0.15, 0.2) is 0 Å². The summed E-state index contributed by atoms with van der Waals surface area (Å²) < 4.78 is 50.5. The van der Waals surface area contributed by atoms with Crippen LogP contribution in [-0.4, -0.2) is 29.0 Å². The number of H-pyrrole nitrogens is 1. The van der Waals surface area contributed by atoms with E-state index < -0.39 is 24.7 Å². The van der Waals surface area contributed by atoms with E-state index in [1.807, 2.05) is 0 Å². The standard InChI is InChI=1S/C12H13F4N3/c1-6(17-12(16)10(13)14)5-7-3-2-4-8-9(7)11(15)19-18-8/h2-4,6,10,12,17H,5H2,1H3,(H,18,19). The zero-order chi connectivity index (χ0) is 14.0. The van der Waals surface area contributed by atoms with Gasteiger partial charge in [-0.1, -0.05) is 12.1 Å². The van der Waals surface area contributed by atoms with Gasteiger partial charge in [0.2, 0.25) is 12.2 Å². The highest BCUT2D eigenvalue weighted by atomic mass is 19.3. The fourth-order valence-corrected chi connectivity index (χ4v) is 2.01. The van der Waals surface area contributed by atoms with Gasteiger partial charge in [0.05, 0.1) is 10.9 Å². The second-order valence-corrected chi connectivity index (χ2v) is 4.36. The molecule has 3 nitrogen and oxygen atoms in total. The number of hydrogen-bond acceptors (Lipinski definition) is 2. The lowest BCUT2D eigenvalue weighted by molar-refractivity contribution is 0.0251. The number of benzene rings is 1. The van der Waals surface area contributed by atoms with Crippen molar-refractivity contribution in [1.29, 1.82) is 0 Å². The third-order valence-corrected chi connectivity index (χ3v) is 2.82. The SMILES string of the molecule is CC(Cc1cccc2[nH]nc(F)c12)NC(F)C(F)F. The van der Waals surface area contributed by atoms with Crippen molar-refractivity contribution in [1.82, 2.24) is 15.5 Å². The summed E-state index contributed by atoms with van der Waals surface area (Å²) in [5.41, 5.74) is 1.11. The number of nitrogens with one attached hydrogen (secondary N) is 2. The summed E-state index contributed by atoms with van der Waals surface area (Å²) in [5, 5.41) is 8.41. The lowest BCUT2D eigenvalue weighted by Gasteiger charge is -2.17. The van der Waals surface area contributed by atoms with Crippen molar-refractivity contribution in [3.63, 3.8) is 0 Å². The maximum absolute atomic E-state index is 13.5. The number of rotatable bonds is 5. The van der Waals surface area contributed by atoms with E-state index in [1.165, 1.54) is 0 Å². The van der Waals surface area contributed by atoms with E-state index in [2.05, 4.69) is 15.5 Å². The number of nitrogens with zero attached hydrogens (tertiary/aromatic N) is 1. The third kappa shape index (κ3) is 3.04. The second-order valence-electron chi connectivity index (χ2n) is 4.36. The molecule has 0 fully saturated rings. The molecule has 0 aliphatic carbocycles. The van der Waals surface area contributed by atoms with Gasteiger partial charge in [-0.25, -0.2) is 13.2 Å². The van der Waals surface area contributed by atoms with Gasteiger partial charge in [-0.3, -0.25) is 10.4 Å². The molecular weight excluding hydrogens is 262 g/mol. The molecule has 0 aliphatic heterocycles. The van der Waals surface area contributed by atoms with Gasteiger partial charge < -0.3 is 0 Å². The summed E-state index contributed by atoms with van der Waals surface area (Å²) in [4.78, 5) is 0. The molecule has 0 amide bonds. The molecule has 0 aliphatic rings. The van der Waals surface area contributed by atoms with Gasteiger partial charge in [0, 0.05) is 6.04 Å². The smallest absolute Gasteiger partial charge is 0.280 e. The van der Waals surface area contributed by atoms with Crippen LogP contribution in [-0.2, 0) is 6.42 Å². The molecule has 19 heavy (non-hydrogen) atoms. The van der Waals surface area contributed by atoms with Crippen LogP contribution in [0.5, 0.6) is 0 Å². The largest absolute Gasteiger partial charge is 0.282 e. The molecule has 0 radical (unpaired) electrons. The average Bonchev–Trinajstić information content (AvgIpc) is 2.72. The molecule has 0 bridgehead atoms. The Morgan fingerprint density at radius 1 is 1.32 bits per heavy atom. The zero-order valence-corrected chi connectivity index (χ0v) is 10.1. The minimum Gasteiger partial charge on any atom is -0.280 e. The maximum atomic E-state index is 13.5. The Hall–Kier alpha value is -1.63. The molecule has 2 aromatic rings. The van der Waals surface area contributed by atoms with E-state index >= 15 is 0 Å². The normalized spacial score (nSPS) is 15.1. The van der Waals surface area contributed by atoms with Crippen molar-refractivity contribution < 1.29 is 17.6 Å². The van der Waals surface area contributed by atoms with Crippen LogP contribution in [0, 0.1) is 5.95 Å². The quantitative estimate of drug-likeness (QED) is 0.650. The predicted molar refractivity (Wildman–Crippen MR) is 63.3 cm³/mol. The van der Waals surface area contributed by atoms with Gasteiger partial charge >= 0.3 is 0 Å². The summed E-state index contributed by atoms with van der Waals surface area (Å²) in [5.74, 6) is -0.650. The van der Waals surface area contributed by atoms with E-state index in [9.17, 15) is 17.6 Å². The Morgan fingerprint density at radius 2 is 2.05 bits per heavy atom. The average molecular weight is 275 g/mol. The van der Waals surface area contributed by atoms with Gasteiger partial charge in [0.1, 0.15) is 0 Å². The fraction of sp³-hybridized carbons (Fsp3) is 0.417. The molecule has 0 saturated carbocycles. The van der Waals surface area contributed by atoms with Gasteiger partial charge in [-0.15, -0.1) is 5.10 Å². The molecule has 1 aromatic heterocycles. The summed E-state index contributed by atoms with van der Waals surface area (Å²) in [7, 11) is 0. The lowest BCUT2D eigenvalue weighted by atomic mass is 10.0. The molecule has 0 spiro atoms.